The molecule has 1 aromatic carbocycles. The molecule has 0 atom stereocenters. The molecule has 1 aromatic heterocycles. The van der Waals surface area contributed by atoms with Crippen LogP contribution >= 0.6 is 11.3 Å². The van der Waals surface area contributed by atoms with Gasteiger partial charge in [0.15, 0.2) is 0 Å². The van der Waals surface area contributed by atoms with E-state index in [0.29, 0.717) is 21.9 Å². The number of benzene rings is 1. The Morgan fingerprint density at radius 2 is 2.17 bits per heavy atom. The standard InChI is InChI=1S/C18H19N3O2S/c1-3-21-9-8-14-15(10-19)18(24-16(14)11-21)20-17(22)12-4-6-13(23-2)7-5-12/h4-7H,3,8-9,11H2,1-2H3,(H,20,22). The largest absolute Gasteiger partial charge is 0.497 e. The number of nitrogens with one attached hydrogen (secondary N) is 1. The first kappa shape index (κ1) is 16.5. The van der Waals surface area contributed by atoms with Crippen LogP contribution in [0.1, 0.15) is 33.3 Å². The van der Waals surface area contributed by atoms with Gasteiger partial charge in [-0.25, -0.2) is 0 Å². The van der Waals surface area contributed by atoms with Gasteiger partial charge in [0.2, 0.25) is 0 Å². The molecule has 2 heterocycles. The molecule has 5 nitrogen and oxygen atoms in total. The highest BCUT2D eigenvalue weighted by Gasteiger charge is 2.24. The molecular formula is C18H19N3O2S. The lowest BCUT2D eigenvalue weighted by Gasteiger charge is -2.24. The van der Waals surface area contributed by atoms with Crippen LogP contribution in [0.5, 0.6) is 5.75 Å². The molecule has 2 aromatic rings. The van der Waals surface area contributed by atoms with Crippen LogP contribution in [0.15, 0.2) is 24.3 Å². The number of amides is 1. The average molecular weight is 341 g/mol. The van der Waals surface area contributed by atoms with Crippen molar-refractivity contribution >= 4 is 22.2 Å². The van der Waals surface area contributed by atoms with E-state index in [-0.39, 0.29) is 5.91 Å². The van der Waals surface area contributed by atoms with Crippen LogP contribution < -0.4 is 10.1 Å². The average Bonchev–Trinajstić information content (AvgIpc) is 2.97. The number of ether oxygens (including phenoxy) is 1. The summed E-state index contributed by atoms with van der Waals surface area (Å²) in [5.74, 6) is 0.496. The highest BCUT2D eigenvalue weighted by atomic mass is 32.1. The number of carbonyl (C=O) groups excluding carboxylic acids is 1. The normalized spacial score (nSPS) is 13.9. The number of fused-ring (bicyclic) bond motifs is 1. The van der Waals surface area contributed by atoms with Crippen molar-refractivity contribution in [3.8, 4) is 11.8 Å². The van der Waals surface area contributed by atoms with Crippen molar-refractivity contribution in [2.45, 2.75) is 19.9 Å². The number of likely N-dealkylation sites (N-methyl/N-ethyl adjacent to an activating group) is 1. The molecule has 0 radical (unpaired) electrons. The number of hydrogen-bond donors (Lipinski definition) is 1. The number of methoxy groups -OCH3 is 1. The van der Waals surface area contributed by atoms with E-state index in [1.54, 1.807) is 31.4 Å². The summed E-state index contributed by atoms with van der Waals surface area (Å²) in [6.07, 6.45) is 0.862. The molecule has 0 aliphatic carbocycles. The fourth-order valence-electron chi connectivity index (χ4n) is 2.85. The van der Waals surface area contributed by atoms with Gasteiger partial charge in [0.05, 0.1) is 12.7 Å². The Morgan fingerprint density at radius 1 is 1.42 bits per heavy atom. The quantitative estimate of drug-likeness (QED) is 0.927. The molecule has 1 N–H and O–H groups in total. The zero-order chi connectivity index (χ0) is 17.1. The zero-order valence-electron chi connectivity index (χ0n) is 13.8. The van der Waals surface area contributed by atoms with Gasteiger partial charge in [0, 0.05) is 23.5 Å². The Morgan fingerprint density at radius 3 is 2.79 bits per heavy atom. The molecule has 24 heavy (non-hydrogen) atoms. The molecule has 0 saturated heterocycles. The van der Waals surface area contributed by atoms with Crippen molar-refractivity contribution in [1.82, 2.24) is 4.90 Å². The molecular weight excluding hydrogens is 322 g/mol. The Hall–Kier alpha value is -2.36. The third kappa shape index (κ3) is 3.14. The minimum Gasteiger partial charge on any atom is -0.497 e. The molecule has 0 spiro atoms. The molecule has 1 aliphatic rings. The van der Waals surface area contributed by atoms with Crippen molar-refractivity contribution < 1.29 is 9.53 Å². The molecule has 1 aliphatic heterocycles. The number of anilines is 1. The van der Waals surface area contributed by atoms with Crippen molar-refractivity contribution in [1.29, 1.82) is 5.26 Å². The molecule has 124 valence electrons. The highest BCUT2D eigenvalue weighted by molar-refractivity contribution is 7.16. The number of thiophene rings is 1. The van der Waals surface area contributed by atoms with Gasteiger partial charge in [-0.05, 0) is 42.8 Å². The van der Waals surface area contributed by atoms with E-state index in [1.165, 1.54) is 16.2 Å². The van der Waals surface area contributed by atoms with E-state index in [2.05, 4.69) is 23.2 Å². The van der Waals surface area contributed by atoms with Gasteiger partial charge < -0.3 is 10.1 Å². The Labute approximate surface area is 145 Å². The van der Waals surface area contributed by atoms with Gasteiger partial charge in [0.25, 0.3) is 5.91 Å². The smallest absolute Gasteiger partial charge is 0.256 e. The number of nitrogens with zero attached hydrogens (tertiary/aromatic N) is 2. The summed E-state index contributed by atoms with van der Waals surface area (Å²) in [6, 6.07) is 9.20. The lowest BCUT2D eigenvalue weighted by molar-refractivity contribution is 0.102. The van der Waals surface area contributed by atoms with Crippen LogP contribution in [-0.4, -0.2) is 31.0 Å². The minimum absolute atomic E-state index is 0.208. The highest BCUT2D eigenvalue weighted by Crippen LogP contribution is 2.36. The van der Waals surface area contributed by atoms with E-state index in [1.807, 2.05) is 0 Å². The maximum atomic E-state index is 12.5. The maximum Gasteiger partial charge on any atom is 0.256 e. The van der Waals surface area contributed by atoms with Crippen LogP contribution in [0, 0.1) is 11.3 Å². The minimum atomic E-state index is -0.208. The molecule has 1 amide bonds. The second-order valence-corrected chi connectivity index (χ2v) is 6.73. The third-order valence-corrected chi connectivity index (χ3v) is 5.41. The van der Waals surface area contributed by atoms with Gasteiger partial charge >= 0.3 is 0 Å². The molecule has 0 bridgehead atoms. The first-order valence-corrected chi connectivity index (χ1v) is 8.70. The maximum absolute atomic E-state index is 12.5. The van der Waals surface area contributed by atoms with E-state index in [4.69, 9.17) is 4.74 Å². The first-order valence-electron chi connectivity index (χ1n) is 7.88. The van der Waals surface area contributed by atoms with E-state index in [0.717, 1.165) is 31.6 Å². The zero-order valence-corrected chi connectivity index (χ0v) is 14.6. The summed E-state index contributed by atoms with van der Waals surface area (Å²) >= 11 is 1.52. The van der Waals surface area contributed by atoms with Crippen molar-refractivity contribution in [2.75, 3.05) is 25.5 Å². The Kier molecular flexibility index (Phi) is 4.84. The summed E-state index contributed by atoms with van der Waals surface area (Å²) in [6.45, 7) is 4.94. The Bertz CT molecular complexity index is 790. The monoisotopic (exact) mass is 341 g/mol. The fraction of sp³-hybridized carbons (Fsp3) is 0.333. The summed E-state index contributed by atoms with van der Waals surface area (Å²) in [5.41, 5.74) is 2.26. The van der Waals surface area contributed by atoms with Crippen molar-refractivity contribution in [3.05, 3.63) is 45.8 Å². The van der Waals surface area contributed by atoms with Crippen LogP contribution in [0.25, 0.3) is 0 Å². The predicted molar refractivity (Wildman–Crippen MR) is 94.6 cm³/mol. The number of nitriles is 1. The summed E-state index contributed by atoms with van der Waals surface area (Å²) in [5, 5.41) is 13.1. The molecule has 0 unspecified atom stereocenters. The Balaban J connectivity index is 1.83. The lowest BCUT2D eigenvalue weighted by Crippen LogP contribution is -2.29. The van der Waals surface area contributed by atoms with Gasteiger partial charge in [-0.3, -0.25) is 9.69 Å². The van der Waals surface area contributed by atoms with Crippen LogP contribution in [0.2, 0.25) is 0 Å². The van der Waals surface area contributed by atoms with E-state index in [9.17, 15) is 10.1 Å². The number of rotatable bonds is 4. The SMILES string of the molecule is CCN1CCc2c(sc(NC(=O)c3ccc(OC)cc3)c2C#N)C1. The lowest BCUT2D eigenvalue weighted by atomic mass is 10.0. The summed E-state index contributed by atoms with van der Waals surface area (Å²) in [4.78, 5) is 16.0. The molecule has 0 saturated carbocycles. The van der Waals surface area contributed by atoms with Gasteiger partial charge in [-0.15, -0.1) is 11.3 Å². The van der Waals surface area contributed by atoms with Crippen LogP contribution in [0.3, 0.4) is 0 Å². The summed E-state index contributed by atoms with van der Waals surface area (Å²) in [7, 11) is 1.59. The molecule has 0 fully saturated rings. The van der Waals surface area contributed by atoms with Crippen LogP contribution in [0.4, 0.5) is 5.00 Å². The topological polar surface area (TPSA) is 65.4 Å². The van der Waals surface area contributed by atoms with E-state index >= 15 is 0 Å². The number of carbonyl (C=O) groups is 1. The van der Waals surface area contributed by atoms with Gasteiger partial charge in [-0.1, -0.05) is 6.92 Å². The van der Waals surface area contributed by atoms with E-state index < -0.39 is 0 Å². The third-order valence-electron chi connectivity index (χ3n) is 4.27. The first-order chi connectivity index (χ1) is 11.7. The predicted octanol–water partition coefficient (Wildman–Crippen LogP) is 3.26. The molecule has 6 heteroatoms. The number of hydrogen-bond acceptors (Lipinski definition) is 5. The fourth-order valence-corrected chi connectivity index (χ4v) is 4.09. The second-order valence-electron chi connectivity index (χ2n) is 5.62. The van der Waals surface area contributed by atoms with Crippen molar-refractivity contribution in [2.24, 2.45) is 0 Å². The second kappa shape index (κ2) is 7.04. The van der Waals surface area contributed by atoms with Crippen LogP contribution in [-0.2, 0) is 13.0 Å². The molecule has 3 rings (SSSR count). The van der Waals surface area contributed by atoms with Gasteiger partial charge in [0.1, 0.15) is 16.8 Å². The summed E-state index contributed by atoms with van der Waals surface area (Å²) < 4.78 is 5.10. The van der Waals surface area contributed by atoms with Gasteiger partial charge in [-0.2, -0.15) is 5.26 Å². The van der Waals surface area contributed by atoms with Crippen molar-refractivity contribution in [3.63, 3.8) is 0 Å².